The maximum absolute atomic E-state index is 11.9. The molecule has 4 amide bonds. The van der Waals surface area contributed by atoms with Gasteiger partial charge < -0.3 is 21.3 Å². The average molecular weight is 355 g/mol. The summed E-state index contributed by atoms with van der Waals surface area (Å²) in [7, 11) is 0. The number of hydrogen-bond acceptors (Lipinski definition) is 4. The van der Waals surface area contributed by atoms with Crippen LogP contribution in [0.25, 0.3) is 0 Å². The van der Waals surface area contributed by atoms with Crippen molar-refractivity contribution in [2.45, 2.75) is 0 Å². The number of nitrogens with one attached hydrogen (secondary N) is 4. The maximum Gasteiger partial charge on any atom is 0.323 e. The van der Waals surface area contributed by atoms with Crippen molar-refractivity contribution in [3.05, 3.63) is 71.3 Å². The fraction of sp³-hybridized carbons (Fsp3) is 0.0588. The first-order valence-electron chi connectivity index (χ1n) is 7.56. The topological polar surface area (TPSA) is 125 Å². The smallest absolute Gasteiger partial charge is 0.323 e. The number of hydrogen-bond donors (Lipinski definition) is 4. The highest BCUT2D eigenvalue weighted by Crippen LogP contribution is 2.17. The molecule has 2 rings (SSSR count). The highest BCUT2D eigenvalue weighted by atomic mass is 16.6. The Balaban J connectivity index is 1.87. The molecule has 9 nitrogen and oxygen atoms in total. The van der Waals surface area contributed by atoms with E-state index in [2.05, 4.69) is 27.8 Å². The van der Waals surface area contributed by atoms with E-state index in [1.165, 1.54) is 24.3 Å². The van der Waals surface area contributed by atoms with Gasteiger partial charge in [-0.2, -0.15) is 0 Å². The van der Waals surface area contributed by atoms with E-state index in [0.717, 1.165) is 0 Å². The summed E-state index contributed by atoms with van der Waals surface area (Å²) < 4.78 is 0. The van der Waals surface area contributed by atoms with Crippen molar-refractivity contribution < 1.29 is 14.5 Å². The summed E-state index contributed by atoms with van der Waals surface area (Å²) in [5.74, 6) is 0. The van der Waals surface area contributed by atoms with Crippen LogP contribution in [0.4, 0.5) is 32.3 Å². The van der Waals surface area contributed by atoms with E-state index in [4.69, 9.17) is 0 Å². The highest BCUT2D eigenvalue weighted by Gasteiger charge is 2.07. The third-order valence-corrected chi connectivity index (χ3v) is 3.14. The van der Waals surface area contributed by atoms with E-state index in [-0.39, 0.29) is 11.7 Å². The molecule has 0 aliphatic carbocycles. The van der Waals surface area contributed by atoms with Crippen LogP contribution in [0.15, 0.2) is 61.2 Å². The highest BCUT2D eigenvalue weighted by molar-refractivity contribution is 6.00. The third-order valence-electron chi connectivity index (χ3n) is 3.14. The molecule has 0 atom stereocenters. The number of carbonyl (C=O) groups excluding carboxylic acids is 2. The lowest BCUT2D eigenvalue weighted by Crippen LogP contribution is -2.28. The van der Waals surface area contributed by atoms with E-state index in [1.54, 1.807) is 30.3 Å². The zero-order valence-electron chi connectivity index (χ0n) is 13.7. The molecule has 0 fully saturated rings. The summed E-state index contributed by atoms with van der Waals surface area (Å²) in [5, 5.41) is 21.0. The van der Waals surface area contributed by atoms with E-state index < -0.39 is 11.0 Å². The molecule has 0 unspecified atom stereocenters. The Hall–Kier alpha value is -3.88. The molecule has 0 saturated carbocycles. The van der Waals surface area contributed by atoms with Crippen LogP contribution in [0.3, 0.4) is 0 Å². The molecular formula is C17H17N5O4. The van der Waals surface area contributed by atoms with Gasteiger partial charge >= 0.3 is 12.1 Å². The fourth-order valence-electron chi connectivity index (χ4n) is 1.94. The van der Waals surface area contributed by atoms with Crippen molar-refractivity contribution in [1.82, 2.24) is 5.32 Å². The number of amides is 4. The first-order chi connectivity index (χ1) is 12.5. The van der Waals surface area contributed by atoms with Crippen molar-refractivity contribution in [2.75, 3.05) is 22.5 Å². The minimum atomic E-state index is -0.517. The second-order valence-corrected chi connectivity index (χ2v) is 5.08. The van der Waals surface area contributed by atoms with Crippen molar-refractivity contribution in [3.8, 4) is 0 Å². The van der Waals surface area contributed by atoms with Gasteiger partial charge in [-0.15, -0.1) is 6.58 Å². The third kappa shape index (κ3) is 5.64. The molecule has 2 aromatic rings. The lowest BCUT2D eigenvalue weighted by atomic mass is 10.2. The van der Waals surface area contributed by atoms with E-state index >= 15 is 0 Å². The summed E-state index contributed by atoms with van der Waals surface area (Å²) >= 11 is 0. The first kappa shape index (κ1) is 18.5. The van der Waals surface area contributed by atoms with Gasteiger partial charge in [0, 0.05) is 35.7 Å². The number of rotatable bonds is 6. The lowest BCUT2D eigenvalue weighted by Gasteiger charge is -2.09. The number of benzene rings is 2. The van der Waals surface area contributed by atoms with Gasteiger partial charge in [0.05, 0.1) is 4.92 Å². The van der Waals surface area contributed by atoms with Crippen LogP contribution in [-0.2, 0) is 0 Å². The standard InChI is InChI=1S/C17H17N5O4/c1-2-11-18-16(23)19-12-3-5-13(6-4-12)20-17(24)21-14-7-9-15(10-8-14)22(25)26/h2-10H,1,11H2,(H2,18,19,23)(H2,20,21,24). The molecule has 0 radical (unpaired) electrons. The number of non-ortho nitro benzene ring substituents is 1. The van der Waals surface area contributed by atoms with Crippen LogP contribution in [-0.4, -0.2) is 23.5 Å². The van der Waals surface area contributed by atoms with Gasteiger partial charge in [0.15, 0.2) is 0 Å². The van der Waals surface area contributed by atoms with Crippen LogP contribution in [0, 0.1) is 10.1 Å². The van der Waals surface area contributed by atoms with Crippen LogP contribution in [0.2, 0.25) is 0 Å². The Morgan fingerprint density at radius 3 is 1.73 bits per heavy atom. The number of nitro groups is 1. The molecule has 0 saturated heterocycles. The number of nitro benzene ring substituents is 1. The molecule has 0 spiro atoms. The van der Waals surface area contributed by atoms with Crippen LogP contribution >= 0.6 is 0 Å². The normalized spacial score (nSPS) is 9.69. The summed E-state index contributed by atoms with van der Waals surface area (Å²) in [6.45, 7) is 3.86. The molecule has 0 aliphatic rings. The Morgan fingerprint density at radius 2 is 1.31 bits per heavy atom. The van der Waals surface area contributed by atoms with Gasteiger partial charge in [-0.05, 0) is 36.4 Å². The molecule has 4 N–H and O–H groups in total. The van der Waals surface area contributed by atoms with Crippen LogP contribution < -0.4 is 21.3 Å². The van der Waals surface area contributed by atoms with Crippen LogP contribution in [0.5, 0.6) is 0 Å². The second kappa shape index (κ2) is 8.83. The quantitative estimate of drug-likeness (QED) is 0.359. The molecule has 9 heteroatoms. The van der Waals surface area contributed by atoms with Gasteiger partial charge in [0.1, 0.15) is 0 Å². The molecule has 2 aromatic carbocycles. The van der Waals surface area contributed by atoms with Gasteiger partial charge in [-0.25, -0.2) is 9.59 Å². The number of carbonyl (C=O) groups is 2. The predicted molar refractivity (Wildman–Crippen MR) is 99.4 cm³/mol. The molecular weight excluding hydrogens is 338 g/mol. The number of nitrogens with zero attached hydrogens (tertiary/aromatic N) is 1. The SMILES string of the molecule is C=CCNC(=O)Nc1ccc(NC(=O)Nc2ccc([N+](=O)[O-])cc2)cc1. The molecule has 0 aromatic heterocycles. The monoisotopic (exact) mass is 355 g/mol. The van der Waals surface area contributed by atoms with Crippen molar-refractivity contribution in [2.24, 2.45) is 0 Å². The molecule has 26 heavy (non-hydrogen) atoms. The molecule has 0 heterocycles. The Bertz CT molecular complexity index is 803. The molecule has 0 aliphatic heterocycles. The fourth-order valence-corrected chi connectivity index (χ4v) is 1.94. The summed E-state index contributed by atoms with van der Waals surface area (Å²) in [6, 6.07) is 11.1. The Morgan fingerprint density at radius 1 is 0.885 bits per heavy atom. The van der Waals surface area contributed by atoms with Gasteiger partial charge in [0.2, 0.25) is 0 Å². The van der Waals surface area contributed by atoms with Crippen molar-refractivity contribution in [3.63, 3.8) is 0 Å². The Labute approximate surface area is 149 Å². The van der Waals surface area contributed by atoms with Crippen molar-refractivity contribution in [1.29, 1.82) is 0 Å². The maximum atomic E-state index is 11.9. The average Bonchev–Trinajstić information content (AvgIpc) is 2.62. The van der Waals surface area contributed by atoms with E-state index in [1.807, 2.05) is 0 Å². The predicted octanol–water partition coefficient (Wildman–Crippen LogP) is 3.55. The minimum absolute atomic E-state index is 0.0591. The van der Waals surface area contributed by atoms with Gasteiger partial charge in [0.25, 0.3) is 5.69 Å². The first-order valence-corrected chi connectivity index (χ1v) is 7.56. The van der Waals surface area contributed by atoms with E-state index in [9.17, 15) is 19.7 Å². The van der Waals surface area contributed by atoms with Gasteiger partial charge in [-0.3, -0.25) is 10.1 Å². The molecule has 0 bridgehead atoms. The largest absolute Gasteiger partial charge is 0.334 e. The summed E-state index contributed by atoms with van der Waals surface area (Å²) in [4.78, 5) is 33.5. The van der Waals surface area contributed by atoms with Crippen molar-refractivity contribution >= 4 is 34.8 Å². The number of anilines is 3. The zero-order valence-corrected chi connectivity index (χ0v) is 13.7. The summed E-state index contributed by atoms with van der Waals surface area (Å²) in [6.07, 6.45) is 1.57. The minimum Gasteiger partial charge on any atom is -0.334 e. The summed E-state index contributed by atoms with van der Waals surface area (Å²) in [5.41, 5.74) is 1.44. The van der Waals surface area contributed by atoms with E-state index in [0.29, 0.717) is 23.6 Å². The molecule has 134 valence electrons. The zero-order chi connectivity index (χ0) is 18.9. The lowest BCUT2D eigenvalue weighted by molar-refractivity contribution is -0.384. The Kier molecular flexibility index (Phi) is 6.27. The second-order valence-electron chi connectivity index (χ2n) is 5.08. The number of urea groups is 2. The van der Waals surface area contributed by atoms with Gasteiger partial charge in [-0.1, -0.05) is 6.08 Å². The van der Waals surface area contributed by atoms with Crippen LogP contribution in [0.1, 0.15) is 0 Å².